The largest absolute Gasteiger partial charge is 0.396 e. The number of nitrogens with zero attached hydrogens (tertiary/aromatic N) is 2. The summed E-state index contributed by atoms with van der Waals surface area (Å²) in [6.07, 6.45) is 2.69. The van der Waals surface area contributed by atoms with Gasteiger partial charge in [0.15, 0.2) is 0 Å². The molecule has 2 aliphatic heterocycles. The SMILES string of the molecule is CC1(CO)CCCN(C2CCN(c3ccccc3F)C2=O)C1. The number of carbonyl (C=O) groups is 1. The van der Waals surface area contributed by atoms with E-state index in [1.807, 2.05) is 0 Å². The summed E-state index contributed by atoms with van der Waals surface area (Å²) >= 11 is 0. The molecule has 0 aromatic heterocycles. The molecule has 0 saturated carbocycles. The van der Waals surface area contributed by atoms with E-state index < -0.39 is 0 Å². The summed E-state index contributed by atoms with van der Waals surface area (Å²) in [6.45, 7) is 4.35. The van der Waals surface area contributed by atoms with Gasteiger partial charge < -0.3 is 10.0 Å². The zero-order valence-electron chi connectivity index (χ0n) is 13.0. The third-order valence-electron chi connectivity index (χ3n) is 4.95. The second-order valence-corrected chi connectivity index (χ2v) is 6.79. The highest BCUT2D eigenvalue weighted by molar-refractivity contribution is 5.99. The van der Waals surface area contributed by atoms with Gasteiger partial charge in [-0.25, -0.2) is 4.39 Å². The van der Waals surface area contributed by atoms with Gasteiger partial charge in [0.1, 0.15) is 5.82 Å². The van der Waals surface area contributed by atoms with Crippen LogP contribution in [0.3, 0.4) is 0 Å². The molecule has 0 bridgehead atoms. The fraction of sp³-hybridized carbons (Fsp3) is 0.588. The summed E-state index contributed by atoms with van der Waals surface area (Å²) in [6, 6.07) is 6.24. The van der Waals surface area contributed by atoms with Crippen molar-refractivity contribution in [3.05, 3.63) is 30.1 Å². The maximum absolute atomic E-state index is 13.9. The number of para-hydroxylation sites is 1. The Labute approximate surface area is 130 Å². The number of aliphatic hydroxyl groups excluding tert-OH is 1. The van der Waals surface area contributed by atoms with Crippen molar-refractivity contribution in [3.8, 4) is 0 Å². The van der Waals surface area contributed by atoms with Crippen molar-refractivity contribution in [1.82, 2.24) is 4.90 Å². The Bertz CT molecular complexity index is 565. The van der Waals surface area contributed by atoms with Crippen LogP contribution in [0.2, 0.25) is 0 Å². The molecule has 3 rings (SSSR count). The molecule has 4 nitrogen and oxygen atoms in total. The minimum Gasteiger partial charge on any atom is -0.396 e. The third kappa shape index (κ3) is 2.75. The fourth-order valence-corrected chi connectivity index (χ4v) is 3.67. The van der Waals surface area contributed by atoms with Crippen LogP contribution in [0, 0.1) is 11.2 Å². The van der Waals surface area contributed by atoms with E-state index in [0.717, 1.165) is 25.9 Å². The predicted molar refractivity (Wildman–Crippen MR) is 83.2 cm³/mol. The molecule has 0 radical (unpaired) electrons. The van der Waals surface area contributed by atoms with Crippen molar-refractivity contribution in [3.63, 3.8) is 0 Å². The summed E-state index contributed by atoms with van der Waals surface area (Å²) in [4.78, 5) is 16.4. The van der Waals surface area contributed by atoms with E-state index in [2.05, 4.69) is 11.8 Å². The third-order valence-corrected chi connectivity index (χ3v) is 4.95. The van der Waals surface area contributed by atoms with E-state index in [0.29, 0.717) is 18.7 Å². The number of rotatable bonds is 3. The molecule has 1 aromatic carbocycles. The monoisotopic (exact) mass is 306 g/mol. The van der Waals surface area contributed by atoms with Gasteiger partial charge in [-0.3, -0.25) is 9.69 Å². The van der Waals surface area contributed by atoms with Gasteiger partial charge in [0.05, 0.1) is 11.7 Å². The number of hydrogen-bond acceptors (Lipinski definition) is 3. The number of benzene rings is 1. The molecule has 22 heavy (non-hydrogen) atoms. The molecule has 2 saturated heterocycles. The van der Waals surface area contributed by atoms with E-state index in [1.165, 1.54) is 6.07 Å². The summed E-state index contributed by atoms with van der Waals surface area (Å²) in [7, 11) is 0. The van der Waals surface area contributed by atoms with E-state index in [9.17, 15) is 14.3 Å². The highest BCUT2D eigenvalue weighted by Crippen LogP contribution is 2.33. The van der Waals surface area contributed by atoms with Crippen molar-refractivity contribution >= 4 is 11.6 Å². The van der Waals surface area contributed by atoms with Gasteiger partial charge in [-0.2, -0.15) is 0 Å². The van der Waals surface area contributed by atoms with Gasteiger partial charge in [-0.05, 0) is 37.9 Å². The van der Waals surface area contributed by atoms with Crippen LogP contribution >= 0.6 is 0 Å². The predicted octanol–water partition coefficient (Wildman–Crippen LogP) is 2.03. The summed E-state index contributed by atoms with van der Waals surface area (Å²) in [5.41, 5.74) is 0.237. The number of amides is 1. The molecule has 2 heterocycles. The summed E-state index contributed by atoms with van der Waals surface area (Å²) in [5.74, 6) is -0.373. The highest BCUT2D eigenvalue weighted by atomic mass is 19.1. The van der Waals surface area contributed by atoms with Gasteiger partial charge in [0, 0.05) is 25.1 Å². The zero-order valence-corrected chi connectivity index (χ0v) is 13.0. The molecule has 2 fully saturated rings. The number of carbonyl (C=O) groups excluding carboxylic acids is 1. The Hall–Kier alpha value is -1.46. The molecule has 120 valence electrons. The van der Waals surface area contributed by atoms with Crippen LogP contribution in [-0.4, -0.2) is 48.2 Å². The quantitative estimate of drug-likeness (QED) is 0.929. The lowest BCUT2D eigenvalue weighted by Crippen LogP contribution is -2.51. The van der Waals surface area contributed by atoms with Crippen LogP contribution in [-0.2, 0) is 4.79 Å². The van der Waals surface area contributed by atoms with Gasteiger partial charge >= 0.3 is 0 Å². The molecule has 1 N–H and O–H groups in total. The Morgan fingerprint density at radius 3 is 2.86 bits per heavy atom. The van der Waals surface area contributed by atoms with Crippen molar-refractivity contribution < 1.29 is 14.3 Å². The van der Waals surface area contributed by atoms with E-state index in [-0.39, 0.29) is 29.8 Å². The minimum absolute atomic E-state index is 0.0210. The van der Waals surface area contributed by atoms with Crippen molar-refractivity contribution in [2.75, 3.05) is 31.1 Å². The van der Waals surface area contributed by atoms with E-state index in [4.69, 9.17) is 0 Å². The Morgan fingerprint density at radius 1 is 1.36 bits per heavy atom. The number of hydrogen-bond donors (Lipinski definition) is 1. The van der Waals surface area contributed by atoms with Gasteiger partial charge in [0.2, 0.25) is 5.91 Å². The molecule has 2 atom stereocenters. The molecule has 5 heteroatoms. The van der Waals surface area contributed by atoms with Crippen molar-refractivity contribution in [1.29, 1.82) is 0 Å². The Kier molecular flexibility index (Phi) is 4.19. The summed E-state index contributed by atoms with van der Waals surface area (Å²) < 4.78 is 13.9. The number of piperidine rings is 1. The second-order valence-electron chi connectivity index (χ2n) is 6.79. The number of aliphatic hydroxyl groups is 1. The van der Waals surface area contributed by atoms with E-state index in [1.54, 1.807) is 23.1 Å². The maximum Gasteiger partial charge on any atom is 0.244 e. The standard InChI is InChI=1S/C17H23FN2O2/c1-17(12-21)8-4-9-19(11-17)15-7-10-20(16(15)22)14-6-3-2-5-13(14)18/h2-3,5-6,15,21H,4,7-12H2,1H3. The van der Waals surface area contributed by atoms with E-state index >= 15 is 0 Å². The van der Waals surface area contributed by atoms with Crippen LogP contribution in [0.5, 0.6) is 0 Å². The van der Waals surface area contributed by atoms with Crippen LogP contribution in [0.15, 0.2) is 24.3 Å². The zero-order chi connectivity index (χ0) is 15.7. The van der Waals surface area contributed by atoms with Gasteiger partial charge in [-0.15, -0.1) is 0 Å². The first-order valence-corrected chi connectivity index (χ1v) is 7.95. The van der Waals surface area contributed by atoms with Gasteiger partial charge in [-0.1, -0.05) is 19.1 Å². The first-order chi connectivity index (χ1) is 10.5. The summed E-state index contributed by atoms with van der Waals surface area (Å²) in [5, 5.41) is 9.57. The molecule has 1 aromatic rings. The minimum atomic E-state index is -0.352. The first kappa shape index (κ1) is 15.4. The molecule has 0 spiro atoms. The van der Waals surface area contributed by atoms with Gasteiger partial charge in [0.25, 0.3) is 0 Å². The number of anilines is 1. The molecule has 0 aliphatic carbocycles. The average Bonchev–Trinajstić information content (AvgIpc) is 2.89. The molecule has 2 unspecified atom stereocenters. The molecule has 2 aliphatic rings. The molecular formula is C17H23FN2O2. The normalized spacial score (nSPS) is 30.0. The maximum atomic E-state index is 13.9. The van der Waals surface area contributed by atoms with Crippen LogP contribution in [0.1, 0.15) is 26.2 Å². The number of likely N-dealkylation sites (tertiary alicyclic amines) is 1. The smallest absolute Gasteiger partial charge is 0.244 e. The lowest BCUT2D eigenvalue weighted by atomic mass is 9.82. The van der Waals surface area contributed by atoms with Crippen molar-refractivity contribution in [2.45, 2.75) is 32.2 Å². The first-order valence-electron chi connectivity index (χ1n) is 7.95. The fourth-order valence-electron chi connectivity index (χ4n) is 3.67. The Morgan fingerprint density at radius 2 is 2.14 bits per heavy atom. The topological polar surface area (TPSA) is 43.8 Å². The average molecular weight is 306 g/mol. The van der Waals surface area contributed by atoms with Crippen LogP contribution in [0.25, 0.3) is 0 Å². The lowest BCUT2D eigenvalue weighted by molar-refractivity contribution is -0.123. The molecule has 1 amide bonds. The lowest BCUT2D eigenvalue weighted by Gasteiger charge is -2.41. The highest BCUT2D eigenvalue weighted by Gasteiger charge is 2.41. The van der Waals surface area contributed by atoms with Crippen LogP contribution < -0.4 is 4.90 Å². The van der Waals surface area contributed by atoms with Crippen LogP contribution in [0.4, 0.5) is 10.1 Å². The Balaban J connectivity index is 1.75. The molecular weight excluding hydrogens is 283 g/mol. The number of halogens is 1. The second kappa shape index (κ2) is 5.97. The van der Waals surface area contributed by atoms with Crippen molar-refractivity contribution in [2.24, 2.45) is 5.41 Å².